The predicted octanol–water partition coefficient (Wildman–Crippen LogP) is 2.85. The molecule has 1 aromatic carbocycles. The van der Waals surface area contributed by atoms with E-state index in [-0.39, 0.29) is 12.2 Å². The van der Waals surface area contributed by atoms with Gasteiger partial charge >= 0.3 is 6.09 Å². The van der Waals surface area contributed by atoms with Crippen LogP contribution in [0.15, 0.2) is 36.5 Å². The fourth-order valence-corrected chi connectivity index (χ4v) is 2.09. The Morgan fingerprint density at radius 3 is 2.76 bits per heavy atom. The molecule has 0 saturated carbocycles. The van der Waals surface area contributed by atoms with Gasteiger partial charge in [-0.25, -0.2) is 4.79 Å². The van der Waals surface area contributed by atoms with E-state index in [1.807, 2.05) is 0 Å². The summed E-state index contributed by atoms with van der Waals surface area (Å²) < 4.78 is 0. The minimum absolute atomic E-state index is 0.104. The Hall–Kier alpha value is -1.81. The Kier molecular flexibility index (Phi) is 3.15. The average molecular weight is 252 g/mol. The highest BCUT2D eigenvalue weighted by Crippen LogP contribution is 2.32. The van der Waals surface area contributed by atoms with E-state index in [1.165, 1.54) is 12.3 Å². The molecule has 1 aliphatic heterocycles. The smallest absolute Gasteiger partial charge is 0.411 e. The van der Waals surface area contributed by atoms with Crippen LogP contribution in [0.2, 0.25) is 5.02 Å². The number of hydrogen-bond donors (Lipinski definition) is 1. The van der Waals surface area contributed by atoms with Crippen molar-refractivity contribution in [3.63, 3.8) is 0 Å². The summed E-state index contributed by atoms with van der Waals surface area (Å²) in [6, 6.07) is 6.40. The van der Waals surface area contributed by atoms with Gasteiger partial charge in [0.25, 0.3) is 0 Å². The number of allylic oxidation sites excluding steroid dienone is 1. The standard InChI is InChI=1S/C12H10ClNO3/c13-10-4-2-1-3-9(10)11-7-8(15)5-6-14(11)12(16)17/h1-6,11H,7H2,(H,16,17). The summed E-state index contributed by atoms with van der Waals surface area (Å²) >= 11 is 6.02. The molecule has 1 unspecified atom stereocenters. The maximum absolute atomic E-state index is 11.4. The van der Waals surface area contributed by atoms with Crippen LogP contribution in [0.3, 0.4) is 0 Å². The lowest BCUT2D eigenvalue weighted by Gasteiger charge is -2.29. The third-order valence-electron chi connectivity index (χ3n) is 2.64. The number of rotatable bonds is 1. The predicted molar refractivity (Wildman–Crippen MR) is 62.8 cm³/mol. The van der Waals surface area contributed by atoms with Crippen LogP contribution in [0, 0.1) is 0 Å². The molecule has 0 saturated heterocycles. The number of benzene rings is 1. The van der Waals surface area contributed by atoms with E-state index >= 15 is 0 Å². The summed E-state index contributed by atoms with van der Waals surface area (Å²) in [6.45, 7) is 0. The first-order chi connectivity index (χ1) is 8.09. The fourth-order valence-electron chi connectivity index (χ4n) is 1.83. The molecule has 1 amide bonds. The van der Waals surface area contributed by atoms with E-state index in [4.69, 9.17) is 16.7 Å². The number of hydrogen-bond acceptors (Lipinski definition) is 2. The Balaban J connectivity index is 2.42. The molecule has 4 nitrogen and oxygen atoms in total. The third kappa shape index (κ3) is 2.31. The molecule has 1 N–H and O–H groups in total. The molecule has 0 fully saturated rings. The summed E-state index contributed by atoms with van der Waals surface area (Å²) in [5.41, 5.74) is 0.647. The number of carbonyl (C=O) groups is 2. The van der Waals surface area contributed by atoms with Gasteiger partial charge in [0.1, 0.15) is 0 Å². The molecule has 0 spiro atoms. The highest BCUT2D eigenvalue weighted by atomic mass is 35.5. The maximum Gasteiger partial charge on any atom is 0.411 e. The first kappa shape index (κ1) is 11.7. The molecule has 0 radical (unpaired) electrons. The van der Waals surface area contributed by atoms with Crippen molar-refractivity contribution in [3.05, 3.63) is 47.1 Å². The van der Waals surface area contributed by atoms with Crippen LogP contribution in [-0.2, 0) is 4.79 Å². The second-order valence-electron chi connectivity index (χ2n) is 3.71. The SMILES string of the molecule is O=C1C=CN(C(=O)O)C(c2ccccc2Cl)C1. The zero-order valence-electron chi connectivity index (χ0n) is 8.84. The molecule has 1 aliphatic rings. The highest BCUT2D eigenvalue weighted by Gasteiger charge is 2.29. The Morgan fingerprint density at radius 1 is 1.41 bits per heavy atom. The topological polar surface area (TPSA) is 57.6 Å². The van der Waals surface area contributed by atoms with Crippen molar-refractivity contribution in [2.24, 2.45) is 0 Å². The molecular formula is C12H10ClNO3. The second-order valence-corrected chi connectivity index (χ2v) is 4.12. The number of amides is 1. The molecule has 0 aromatic heterocycles. The molecule has 1 atom stereocenters. The first-order valence-electron chi connectivity index (χ1n) is 5.06. The molecule has 2 rings (SSSR count). The van der Waals surface area contributed by atoms with Gasteiger partial charge in [0.15, 0.2) is 5.78 Å². The van der Waals surface area contributed by atoms with Crippen LogP contribution in [0.4, 0.5) is 4.79 Å². The monoisotopic (exact) mass is 251 g/mol. The van der Waals surface area contributed by atoms with Gasteiger partial charge in [-0.2, -0.15) is 0 Å². The lowest BCUT2D eigenvalue weighted by atomic mass is 9.97. The Labute approximate surface area is 103 Å². The van der Waals surface area contributed by atoms with Crippen molar-refractivity contribution in [3.8, 4) is 0 Å². The largest absolute Gasteiger partial charge is 0.465 e. The summed E-state index contributed by atoms with van der Waals surface area (Å²) in [6.07, 6.45) is 1.56. The van der Waals surface area contributed by atoms with Crippen LogP contribution >= 0.6 is 11.6 Å². The normalized spacial score (nSPS) is 19.5. The van der Waals surface area contributed by atoms with Crippen LogP contribution in [0.1, 0.15) is 18.0 Å². The Bertz CT molecular complexity index is 498. The maximum atomic E-state index is 11.4. The molecular weight excluding hydrogens is 242 g/mol. The van der Waals surface area contributed by atoms with Crippen molar-refractivity contribution in [2.45, 2.75) is 12.5 Å². The minimum atomic E-state index is -1.10. The zero-order chi connectivity index (χ0) is 12.4. The molecule has 5 heteroatoms. The van der Waals surface area contributed by atoms with Gasteiger partial charge in [0, 0.05) is 17.6 Å². The van der Waals surface area contributed by atoms with E-state index in [0.29, 0.717) is 10.6 Å². The van der Waals surface area contributed by atoms with Gasteiger partial charge in [-0.3, -0.25) is 9.69 Å². The molecule has 88 valence electrons. The number of nitrogens with zero attached hydrogens (tertiary/aromatic N) is 1. The lowest BCUT2D eigenvalue weighted by Crippen LogP contribution is -2.33. The van der Waals surface area contributed by atoms with Crippen molar-refractivity contribution in [1.82, 2.24) is 4.90 Å². The summed E-state index contributed by atoms with van der Waals surface area (Å²) in [4.78, 5) is 23.6. The van der Waals surface area contributed by atoms with Gasteiger partial charge in [0.05, 0.1) is 6.04 Å². The molecule has 1 heterocycles. The fraction of sp³-hybridized carbons (Fsp3) is 0.167. The van der Waals surface area contributed by atoms with Gasteiger partial charge in [-0.1, -0.05) is 29.8 Å². The van der Waals surface area contributed by atoms with E-state index in [0.717, 1.165) is 4.90 Å². The van der Waals surface area contributed by atoms with E-state index in [9.17, 15) is 9.59 Å². The molecule has 0 aliphatic carbocycles. The molecule has 17 heavy (non-hydrogen) atoms. The summed E-state index contributed by atoms with van der Waals surface area (Å²) in [5.74, 6) is -0.104. The Morgan fingerprint density at radius 2 is 2.12 bits per heavy atom. The van der Waals surface area contributed by atoms with Crippen LogP contribution in [0.5, 0.6) is 0 Å². The number of carbonyl (C=O) groups excluding carboxylic acids is 1. The van der Waals surface area contributed by atoms with E-state index in [2.05, 4.69) is 0 Å². The first-order valence-corrected chi connectivity index (χ1v) is 5.44. The highest BCUT2D eigenvalue weighted by molar-refractivity contribution is 6.31. The average Bonchev–Trinajstić information content (AvgIpc) is 2.29. The van der Waals surface area contributed by atoms with Crippen molar-refractivity contribution in [2.75, 3.05) is 0 Å². The zero-order valence-corrected chi connectivity index (χ0v) is 9.59. The number of halogens is 1. The van der Waals surface area contributed by atoms with Gasteiger partial charge < -0.3 is 5.11 Å². The van der Waals surface area contributed by atoms with Gasteiger partial charge in [-0.05, 0) is 17.7 Å². The number of ketones is 1. The summed E-state index contributed by atoms with van der Waals surface area (Å²) in [5, 5.41) is 9.53. The van der Waals surface area contributed by atoms with Gasteiger partial charge in [0.2, 0.25) is 0 Å². The van der Waals surface area contributed by atoms with E-state index < -0.39 is 12.1 Å². The van der Waals surface area contributed by atoms with Crippen LogP contribution in [-0.4, -0.2) is 21.9 Å². The molecule has 1 aromatic rings. The number of carboxylic acid groups (broad SMARTS) is 1. The van der Waals surface area contributed by atoms with Gasteiger partial charge in [-0.15, -0.1) is 0 Å². The third-order valence-corrected chi connectivity index (χ3v) is 2.98. The van der Waals surface area contributed by atoms with Crippen LogP contribution < -0.4 is 0 Å². The van der Waals surface area contributed by atoms with Crippen molar-refractivity contribution < 1.29 is 14.7 Å². The minimum Gasteiger partial charge on any atom is -0.465 e. The van der Waals surface area contributed by atoms with Crippen molar-refractivity contribution in [1.29, 1.82) is 0 Å². The van der Waals surface area contributed by atoms with Crippen LogP contribution in [0.25, 0.3) is 0 Å². The summed E-state index contributed by atoms with van der Waals surface area (Å²) in [7, 11) is 0. The quantitative estimate of drug-likeness (QED) is 0.835. The van der Waals surface area contributed by atoms with E-state index in [1.54, 1.807) is 24.3 Å². The second kappa shape index (κ2) is 4.59. The lowest BCUT2D eigenvalue weighted by molar-refractivity contribution is -0.116. The molecule has 0 bridgehead atoms. The van der Waals surface area contributed by atoms with Crippen molar-refractivity contribution >= 4 is 23.5 Å².